The number of benzene rings is 1. The van der Waals surface area contributed by atoms with Crippen molar-refractivity contribution in [1.29, 1.82) is 0 Å². The fourth-order valence-electron chi connectivity index (χ4n) is 1.06. The fourth-order valence-corrected chi connectivity index (χ4v) is 1.06. The number of nitro groups is 1. The molecule has 1 rings (SSSR count). The largest absolute Gasteiger partial charge is 0.384 e. The zero-order chi connectivity index (χ0) is 10.8. The van der Waals surface area contributed by atoms with Crippen molar-refractivity contribution in [1.82, 2.24) is 0 Å². The van der Waals surface area contributed by atoms with Crippen molar-refractivity contribution in [3.8, 4) is 0 Å². The van der Waals surface area contributed by atoms with E-state index in [0.717, 1.165) is 0 Å². The highest BCUT2D eigenvalue weighted by molar-refractivity contribution is 5.85. The quantitative estimate of drug-likeness (QED) is 0.605. The Morgan fingerprint density at radius 2 is 1.93 bits per heavy atom. The molecule has 15 heavy (non-hydrogen) atoms. The first kappa shape index (κ1) is 13.8. The van der Waals surface area contributed by atoms with Crippen LogP contribution in [0.2, 0.25) is 0 Å². The van der Waals surface area contributed by atoms with E-state index >= 15 is 0 Å². The van der Waals surface area contributed by atoms with Crippen LogP contribution in [0, 0.1) is 10.1 Å². The van der Waals surface area contributed by atoms with Gasteiger partial charge < -0.3 is 10.8 Å². The molecule has 0 heterocycles. The lowest BCUT2D eigenvalue weighted by atomic mass is 9.96. The van der Waals surface area contributed by atoms with Crippen molar-refractivity contribution < 1.29 is 10.0 Å². The van der Waals surface area contributed by atoms with Crippen molar-refractivity contribution in [2.24, 2.45) is 5.73 Å². The van der Waals surface area contributed by atoms with Crippen molar-refractivity contribution >= 4 is 18.1 Å². The van der Waals surface area contributed by atoms with E-state index in [0.29, 0.717) is 5.56 Å². The van der Waals surface area contributed by atoms with Gasteiger partial charge in [0.15, 0.2) is 0 Å². The van der Waals surface area contributed by atoms with Crippen LogP contribution in [0.1, 0.15) is 12.5 Å². The topological polar surface area (TPSA) is 89.4 Å². The summed E-state index contributed by atoms with van der Waals surface area (Å²) in [5.41, 5.74) is 4.80. The summed E-state index contributed by atoms with van der Waals surface area (Å²) in [6.07, 6.45) is 0. The lowest BCUT2D eigenvalue weighted by Gasteiger charge is -2.21. The number of non-ortho nitro benzene ring substituents is 1. The number of nitro benzene ring substituents is 1. The van der Waals surface area contributed by atoms with Crippen LogP contribution in [0.3, 0.4) is 0 Å². The SMILES string of the molecule is CC(O)(CN)c1ccc([N+](=O)[O-])cc1.Cl. The first-order valence-electron chi connectivity index (χ1n) is 4.15. The van der Waals surface area contributed by atoms with Crippen molar-refractivity contribution in [3.63, 3.8) is 0 Å². The van der Waals surface area contributed by atoms with Gasteiger partial charge in [0.25, 0.3) is 5.69 Å². The molecule has 1 aromatic carbocycles. The molecule has 0 bridgehead atoms. The van der Waals surface area contributed by atoms with E-state index in [9.17, 15) is 15.2 Å². The number of nitrogens with zero attached hydrogens (tertiary/aromatic N) is 1. The Morgan fingerprint density at radius 3 is 2.27 bits per heavy atom. The third-order valence-electron chi connectivity index (χ3n) is 2.10. The lowest BCUT2D eigenvalue weighted by molar-refractivity contribution is -0.384. The summed E-state index contributed by atoms with van der Waals surface area (Å²) in [5.74, 6) is 0. The van der Waals surface area contributed by atoms with Crippen LogP contribution in [-0.4, -0.2) is 16.6 Å². The van der Waals surface area contributed by atoms with Crippen LogP contribution in [0.4, 0.5) is 5.69 Å². The molecular formula is C9H13ClN2O3. The molecule has 0 fully saturated rings. The molecule has 0 radical (unpaired) electrons. The summed E-state index contributed by atoms with van der Waals surface area (Å²) in [7, 11) is 0. The molecule has 3 N–H and O–H groups in total. The third-order valence-corrected chi connectivity index (χ3v) is 2.10. The van der Waals surface area contributed by atoms with Gasteiger partial charge in [0, 0.05) is 18.7 Å². The summed E-state index contributed by atoms with van der Waals surface area (Å²) < 4.78 is 0. The van der Waals surface area contributed by atoms with E-state index in [1.165, 1.54) is 24.3 Å². The molecule has 1 aromatic rings. The van der Waals surface area contributed by atoms with Gasteiger partial charge in [-0.2, -0.15) is 0 Å². The standard InChI is InChI=1S/C9H12N2O3.ClH/c1-9(12,6-10)7-2-4-8(5-3-7)11(13)14;/h2-5,12H,6,10H2,1H3;1H. The monoisotopic (exact) mass is 232 g/mol. The average molecular weight is 233 g/mol. The lowest BCUT2D eigenvalue weighted by Crippen LogP contribution is -2.31. The van der Waals surface area contributed by atoms with Crippen LogP contribution >= 0.6 is 12.4 Å². The van der Waals surface area contributed by atoms with Gasteiger partial charge in [0.05, 0.1) is 10.5 Å². The summed E-state index contributed by atoms with van der Waals surface area (Å²) in [4.78, 5) is 9.86. The van der Waals surface area contributed by atoms with Gasteiger partial charge >= 0.3 is 0 Å². The van der Waals surface area contributed by atoms with Gasteiger partial charge in [-0.1, -0.05) is 0 Å². The van der Waals surface area contributed by atoms with Gasteiger partial charge in [-0.05, 0) is 24.6 Å². The zero-order valence-electron chi connectivity index (χ0n) is 8.21. The summed E-state index contributed by atoms with van der Waals surface area (Å²) in [6.45, 7) is 1.64. The molecule has 0 aromatic heterocycles. The highest BCUT2D eigenvalue weighted by Crippen LogP contribution is 2.21. The van der Waals surface area contributed by atoms with Crippen LogP contribution in [-0.2, 0) is 5.60 Å². The molecule has 0 spiro atoms. The van der Waals surface area contributed by atoms with Crippen LogP contribution in [0.25, 0.3) is 0 Å². The fraction of sp³-hybridized carbons (Fsp3) is 0.333. The van der Waals surface area contributed by atoms with E-state index in [-0.39, 0.29) is 24.6 Å². The number of hydrogen-bond donors (Lipinski definition) is 2. The van der Waals surface area contributed by atoms with Crippen molar-refractivity contribution in [3.05, 3.63) is 39.9 Å². The predicted octanol–water partition coefficient (Wildman–Crippen LogP) is 1.18. The average Bonchev–Trinajstić information content (AvgIpc) is 2.18. The minimum Gasteiger partial charge on any atom is -0.384 e. The molecule has 6 heteroatoms. The molecule has 5 nitrogen and oxygen atoms in total. The van der Waals surface area contributed by atoms with E-state index < -0.39 is 10.5 Å². The Morgan fingerprint density at radius 1 is 1.47 bits per heavy atom. The highest BCUT2D eigenvalue weighted by atomic mass is 35.5. The van der Waals surface area contributed by atoms with E-state index in [2.05, 4.69) is 0 Å². The first-order valence-corrected chi connectivity index (χ1v) is 4.15. The van der Waals surface area contributed by atoms with Crippen molar-refractivity contribution in [2.75, 3.05) is 6.54 Å². The minimum absolute atomic E-state index is 0. The van der Waals surface area contributed by atoms with E-state index in [1.54, 1.807) is 6.92 Å². The highest BCUT2D eigenvalue weighted by Gasteiger charge is 2.21. The number of rotatable bonds is 3. The number of halogens is 1. The Kier molecular flexibility index (Phi) is 4.67. The van der Waals surface area contributed by atoms with E-state index in [4.69, 9.17) is 5.73 Å². The van der Waals surface area contributed by atoms with Crippen molar-refractivity contribution in [2.45, 2.75) is 12.5 Å². The third kappa shape index (κ3) is 3.16. The summed E-state index contributed by atoms with van der Waals surface area (Å²) in [6, 6.07) is 5.70. The maximum absolute atomic E-state index is 10.3. The molecule has 0 saturated carbocycles. The van der Waals surface area contributed by atoms with Gasteiger partial charge in [0.2, 0.25) is 0 Å². The van der Waals surface area contributed by atoms with Gasteiger partial charge in [0.1, 0.15) is 0 Å². The maximum Gasteiger partial charge on any atom is 0.269 e. The normalized spacial score (nSPS) is 13.8. The first-order chi connectivity index (χ1) is 6.47. The number of hydrogen-bond acceptors (Lipinski definition) is 4. The molecule has 0 aliphatic rings. The van der Waals surface area contributed by atoms with Crippen LogP contribution in [0.5, 0.6) is 0 Å². The molecule has 1 atom stereocenters. The molecule has 0 saturated heterocycles. The second kappa shape index (κ2) is 5.06. The second-order valence-electron chi connectivity index (χ2n) is 3.28. The molecule has 0 amide bonds. The summed E-state index contributed by atoms with van der Waals surface area (Å²) >= 11 is 0. The minimum atomic E-state index is -1.13. The number of nitrogens with two attached hydrogens (primary N) is 1. The molecule has 0 aliphatic carbocycles. The Hall–Kier alpha value is -1.17. The zero-order valence-corrected chi connectivity index (χ0v) is 9.03. The molecule has 0 aliphatic heterocycles. The second-order valence-corrected chi connectivity index (χ2v) is 3.28. The van der Waals surface area contributed by atoms with Crippen LogP contribution in [0.15, 0.2) is 24.3 Å². The Bertz CT molecular complexity index is 338. The predicted molar refractivity (Wildman–Crippen MR) is 59.0 cm³/mol. The molecular weight excluding hydrogens is 220 g/mol. The van der Waals surface area contributed by atoms with Gasteiger partial charge in [-0.25, -0.2) is 0 Å². The van der Waals surface area contributed by atoms with Gasteiger partial charge in [-0.15, -0.1) is 12.4 Å². The molecule has 1 unspecified atom stereocenters. The molecule has 84 valence electrons. The Labute approximate surface area is 93.5 Å². The Balaban J connectivity index is 0.00000196. The maximum atomic E-state index is 10.3. The van der Waals surface area contributed by atoms with Gasteiger partial charge in [-0.3, -0.25) is 10.1 Å². The summed E-state index contributed by atoms with van der Waals surface area (Å²) in [5, 5.41) is 20.1. The number of aliphatic hydroxyl groups is 1. The smallest absolute Gasteiger partial charge is 0.269 e. The van der Waals surface area contributed by atoms with Crippen LogP contribution < -0.4 is 5.73 Å². The van der Waals surface area contributed by atoms with E-state index in [1.807, 2.05) is 0 Å².